The van der Waals surface area contributed by atoms with E-state index in [9.17, 15) is 9.59 Å². The molecular formula is C20H27N3O3S. The molecule has 0 spiro atoms. The predicted molar refractivity (Wildman–Crippen MR) is 109 cm³/mol. The maximum Gasteiger partial charge on any atom is 0.251 e. The molecule has 0 aliphatic rings. The van der Waals surface area contributed by atoms with E-state index in [1.165, 1.54) is 17.8 Å². The smallest absolute Gasteiger partial charge is 0.251 e. The number of nitrogens with one attached hydrogen (secondary N) is 2. The molecule has 1 amide bonds. The third-order valence-corrected chi connectivity index (χ3v) is 5.15. The second kappa shape index (κ2) is 9.71. The minimum atomic E-state index is -0.366. The number of carbonyl (C=O) groups is 1. The molecule has 1 atom stereocenters. The molecule has 0 fully saturated rings. The number of aromatic nitrogens is 2. The summed E-state index contributed by atoms with van der Waals surface area (Å²) >= 11 is 1.25. The van der Waals surface area contributed by atoms with Crippen molar-refractivity contribution in [3.05, 3.63) is 51.4 Å². The summed E-state index contributed by atoms with van der Waals surface area (Å²) in [7, 11) is 0. The van der Waals surface area contributed by atoms with Gasteiger partial charge in [-0.2, -0.15) is 0 Å². The lowest BCUT2D eigenvalue weighted by Crippen LogP contribution is -2.26. The van der Waals surface area contributed by atoms with Crippen molar-refractivity contribution in [1.29, 1.82) is 0 Å². The minimum Gasteiger partial charge on any atom is -0.373 e. The van der Waals surface area contributed by atoms with Crippen LogP contribution in [0.1, 0.15) is 44.0 Å². The summed E-state index contributed by atoms with van der Waals surface area (Å²) in [4.78, 5) is 31.7. The molecule has 1 aromatic heterocycles. The highest BCUT2D eigenvalue weighted by Gasteiger charge is 2.20. The second-order valence-corrected chi connectivity index (χ2v) is 7.92. The fourth-order valence-corrected chi connectivity index (χ4v) is 3.34. The number of hydrogen-bond donors (Lipinski definition) is 2. The van der Waals surface area contributed by atoms with Crippen LogP contribution in [0.3, 0.4) is 0 Å². The number of anilines is 1. The van der Waals surface area contributed by atoms with Crippen molar-refractivity contribution in [2.24, 2.45) is 0 Å². The summed E-state index contributed by atoms with van der Waals surface area (Å²) < 4.78 is 5.52. The number of aromatic amines is 1. The Hall–Kier alpha value is -2.12. The van der Waals surface area contributed by atoms with Gasteiger partial charge < -0.3 is 15.0 Å². The SMILES string of the molecule is CCC(Sc1nc(COC(C)C)cc(=O)[nH]1)C(=O)Nc1cc(C)ccc1C. The molecule has 2 N–H and O–H groups in total. The maximum absolute atomic E-state index is 12.7. The Bertz CT molecular complexity index is 849. The van der Waals surface area contributed by atoms with E-state index in [1.807, 2.05) is 52.8 Å². The zero-order valence-corrected chi connectivity index (χ0v) is 17.3. The molecule has 146 valence electrons. The van der Waals surface area contributed by atoms with Gasteiger partial charge in [0.25, 0.3) is 5.56 Å². The molecule has 0 radical (unpaired) electrons. The quantitative estimate of drug-likeness (QED) is 0.530. The highest BCUT2D eigenvalue weighted by Crippen LogP contribution is 2.24. The Labute approximate surface area is 164 Å². The van der Waals surface area contributed by atoms with Gasteiger partial charge in [0.1, 0.15) is 0 Å². The molecule has 7 heteroatoms. The van der Waals surface area contributed by atoms with E-state index in [-0.39, 0.29) is 29.4 Å². The predicted octanol–water partition coefficient (Wildman–Crippen LogP) is 3.82. The van der Waals surface area contributed by atoms with E-state index in [2.05, 4.69) is 15.3 Å². The van der Waals surface area contributed by atoms with Crippen LogP contribution in [-0.4, -0.2) is 27.2 Å². The van der Waals surface area contributed by atoms with Crippen LogP contribution in [0, 0.1) is 13.8 Å². The molecule has 27 heavy (non-hydrogen) atoms. The fourth-order valence-electron chi connectivity index (χ4n) is 2.41. The number of aryl methyl sites for hydroxylation is 2. The fraction of sp³-hybridized carbons (Fsp3) is 0.450. The van der Waals surface area contributed by atoms with Crippen LogP contribution >= 0.6 is 11.8 Å². The van der Waals surface area contributed by atoms with E-state index in [1.54, 1.807) is 0 Å². The lowest BCUT2D eigenvalue weighted by Gasteiger charge is -2.16. The summed E-state index contributed by atoms with van der Waals surface area (Å²) in [5.74, 6) is -0.109. The number of benzene rings is 1. The number of rotatable bonds is 8. The molecule has 0 aliphatic carbocycles. The van der Waals surface area contributed by atoms with Crippen molar-refractivity contribution >= 4 is 23.4 Å². The van der Waals surface area contributed by atoms with Crippen molar-refractivity contribution < 1.29 is 9.53 Å². The van der Waals surface area contributed by atoms with Crippen LogP contribution in [0.5, 0.6) is 0 Å². The molecular weight excluding hydrogens is 362 g/mol. The van der Waals surface area contributed by atoms with Gasteiger partial charge >= 0.3 is 0 Å². The topological polar surface area (TPSA) is 84.1 Å². The summed E-state index contributed by atoms with van der Waals surface area (Å²) in [6, 6.07) is 7.37. The Balaban J connectivity index is 2.12. The number of hydrogen-bond acceptors (Lipinski definition) is 5. The summed E-state index contributed by atoms with van der Waals surface area (Å²) in [5.41, 5.74) is 3.20. The van der Waals surface area contributed by atoms with Crippen LogP contribution < -0.4 is 10.9 Å². The minimum absolute atomic E-state index is 0.0499. The largest absolute Gasteiger partial charge is 0.373 e. The van der Waals surface area contributed by atoms with E-state index in [0.717, 1.165) is 16.8 Å². The zero-order chi connectivity index (χ0) is 20.0. The van der Waals surface area contributed by atoms with Gasteiger partial charge in [0.2, 0.25) is 5.91 Å². The second-order valence-electron chi connectivity index (χ2n) is 6.72. The Morgan fingerprint density at radius 1 is 1.30 bits per heavy atom. The van der Waals surface area contributed by atoms with Crippen LogP contribution in [0.25, 0.3) is 0 Å². The van der Waals surface area contributed by atoms with Crippen molar-refractivity contribution in [2.45, 2.75) is 64.2 Å². The number of thioether (sulfide) groups is 1. The van der Waals surface area contributed by atoms with Gasteiger partial charge in [-0.3, -0.25) is 9.59 Å². The van der Waals surface area contributed by atoms with E-state index < -0.39 is 0 Å². The van der Waals surface area contributed by atoms with E-state index in [0.29, 0.717) is 17.3 Å². The van der Waals surface area contributed by atoms with Crippen molar-refractivity contribution in [3.8, 4) is 0 Å². The number of ether oxygens (including phenoxy) is 1. The lowest BCUT2D eigenvalue weighted by molar-refractivity contribution is -0.115. The Morgan fingerprint density at radius 3 is 2.70 bits per heavy atom. The molecule has 0 saturated heterocycles. The average molecular weight is 390 g/mol. The van der Waals surface area contributed by atoms with Crippen LogP contribution in [-0.2, 0) is 16.1 Å². The summed E-state index contributed by atoms with van der Waals surface area (Å²) in [6.45, 7) is 9.99. The maximum atomic E-state index is 12.7. The molecule has 2 rings (SSSR count). The first-order valence-electron chi connectivity index (χ1n) is 9.05. The van der Waals surface area contributed by atoms with Gasteiger partial charge in [0.05, 0.1) is 23.7 Å². The van der Waals surface area contributed by atoms with Gasteiger partial charge in [-0.15, -0.1) is 0 Å². The van der Waals surface area contributed by atoms with Crippen molar-refractivity contribution in [2.75, 3.05) is 5.32 Å². The summed E-state index contributed by atoms with van der Waals surface area (Å²) in [5, 5.41) is 3.04. The number of amides is 1. The Morgan fingerprint density at radius 2 is 2.04 bits per heavy atom. The van der Waals surface area contributed by atoms with E-state index >= 15 is 0 Å². The Kier molecular flexibility index (Phi) is 7.62. The first-order chi connectivity index (χ1) is 12.8. The van der Waals surface area contributed by atoms with Crippen molar-refractivity contribution in [3.63, 3.8) is 0 Å². The molecule has 0 bridgehead atoms. The average Bonchev–Trinajstić information content (AvgIpc) is 2.60. The monoisotopic (exact) mass is 389 g/mol. The van der Waals surface area contributed by atoms with Gasteiger partial charge in [-0.1, -0.05) is 30.8 Å². The molecule has 0 aliphatic heterocycles. The van der Waals surface area contributed by atoms with Gasteiger partial charge in [0.15, 0.2) is 5.16 Å². The molecule has 1 heterocycles. The normalized spacial score (nSPS) is 12.2. The third kappa shape index (κ3) is 6.52. The number of H-pyrrole nitrogens is 1. The van der Waals surface area contributed by atoms with Crippen LogP contribution in [0.4, 0.5) is 5.69 Å². The number of nitrogens with zero attached hydrogens (tertiary/aromatic N) is 1. The zero-order valence-electron chi connectivity index (χ0n) is 16.5. The molecule has 2 aromatic rings. The highest BCUT2D eigenvalue weighted by molar-refractivity contribution is 8.00. The summed E-state index contributed by atoms with van der Waals surface area (Å²) in [6.07, 6.45) is 0.659. The lowest BCUT2D eigenvalue weighted by atomic mass is 10.1. The van der Waals surface area contributed by atoms with Crippen LogP contribution in [0.2, 0.25) is 0 Å². The third-order valence-electron chi connectivity index (χ3n) is 3.91. The highest BCUT2D eigenvalue weighted by atomic mass is 32.2. The van der Waals surface area contributed by atoms with Gasteiger partial charge in [-0.05, 0) is 51.3 Å². The molecule has 1 aromatic carbocycles. The van der Waals surface area contributed by atoms with E-state index in [4.69, 9.17) is 4.74 Å². The first kappa shape index (κ1) is 21.2. The molecule has 0 saturated carbocycles. The number of carbonyl (C=O) groups excluding carboxylic acids is 1. The standard InChI is InChI=1S/C20H27N3O3S/c1-6-17(19(25)22-16-9-13(4)7-8-14(16)5)27-20-21-15(10-18(24)23-20)11-26-12(2)3/h7-10,12,17H,6,11H2,1-5H3,(H,22,25)(H,21,23,24). The van der Waals surface area contributed by atoms with Crippen LogP contribution in [0.15, 0.2) is 34.2 Å². The van der Waals surface area contributed by atoms with Gasteiger partial charge in [0, 0.05) is 11.8 Å². The van der Waals surface area contributed by atoms with Crippen molar-refractivity contribution in [1.82, 2.24) is 9.97 Å². The molecule has 1 unspecified atom stereocenters. The van der Waals surface area contributed by atoms with Gasteiger partial charge in [-0.25, -0.2) is 4.98 Å². The first-order valence-corrected chi connectivity index (χ1v) is 9.93. The molecule has 6 nitrogen and oxygen atoms in total.